The zero-order valence-corrected chi connectivity index (χ0v) is 14.2. The van der Waals surface area contributed by atoms with Crippen LogP contribution in [0.2, 0.25) is 0 Å². The van der Waals surface area contributed by atoms with E-state index in [9.17, 15) is 14.4 Å². The van der Waals surface area contributed by atoms with Gasteiger partial charge in [0.15, 0.2) is 0 Å². The number of carboxylic acid groups (broad SMARTS) is 1. The van der Waals surface area contributed by atoms with Gasteiger partial charge in [-0.1, -0.05) is 0 Å². The molecule has 7 heteroatoms. The number of hydrogen-bond donors (Lipinski definition) is 1. The van der Waals surface area contributed by atoms with Gasteiger partial charge in [-0.25, -0.2) is 4.79 Å². The Labute approximate surface area is 142 Å². The minimum absolute atomic E-state index is 0.0194. The fourth-order valence-electron chi connectivity index (χ4n) is 4.03. The second-order valence-electron chi connectivity index (χ2n) is 7.18. The Balaban J connectivity index is 1.45. The predicted molar refractivity (Wildman–Crippen MR) is 87.4 cm³/mol. The van der Waals surface area contributed by atoms with Crippen LogP contribution in [0.4, 0.5) is 4.79 Å². The molecule has 3 fully saturated rings. The molecule has 0 bridgehead atoms. The first-order chi connectivity index (χ1) is 11.6. The van der Waals surface area contributed by atoms with Gasteiger partial charge < -0.3 is 19.8 Å². The van der Waals surface area contributed by atoms with Crippen molar-refractivity contribution in [1.29, 1.82) is 0 Å². The van der Waals surface area contributed by atoms with Crippen molar-refractivity contribution < 1.29 is 19.5 Å². The average Bonchev–Trinajstić information content (AvgIpc) is 3.15. The van der Waals surface area contributed by atoms with Gasteiger partial charge in [-0.3, -0.25) is 9.59 Å². The Morgan fingerprint density at radius 1 is 0.667 bits per heavy atom. The third-order valence-corrected chi connectivity index (χ3v) is 5.65. The zero-order valence-electron chi connectivity index (χ0n) is 14.2. The van der Waals surface area contributed by atoms with Crippen LogP contribution in [-0.4, -0.2) is 77.0 Å². The maximum Gasteiger partial charge on any atom is 0.319 e. The summed E-state index contributed by atoms with van der Waals surface area (Å²) < 4.78 is 0. The van der Waals surface area contributed by atoms with E-state index in [1.165, 1.54) is 0 Å². The van der Waals surface area contributed by atoms with Crippen LogP contribution in [0, 0.1) is 11.8 Å². The Kier molecular flexibility index (Phi) is 5.26. The molecule has 0 aromatic carbocycles. The fourth-order valence-corrected chi connectivity index (χ4v) is 4.03. The molecular formula is C17H27N3O4. The van der Waals surface area contributed by atoms with Crippen molar-refractivity contribution in [2.45, 2.75) is 38.5 Å². The second-order valence-corrected chi connectivity index (χ2v) is 7.18. The molecule has 0 unspecified atom stereocenters. The van der Waals surface area contributed by atoms with E-state index in [-0.39, 0.29) is 23.8 Å². The van der Waals surface area contributed by atoms with E-state index in [4.69, 9.17) is 5.11 Å². The molecule has 3 aliphatic heterocycles. The number of rotatable bonds is 2. The number of likely N-dealkylation sites (tertiary alicyclic amines) is 3. The summed E-state index contributed by atoms with van der Waals surface area (Å²) in [6, 6.07) is 0.126. The lowest BCUT2D eigenvalue weighted by Crippen LogP contribution is -2.49. The lowest BCUT2D eigenvalue weighted by Gasteiger charge is -2.37. The van der Waals surface area contributed by atoms with Crippen LogP contribution in [0.1, 0.15) is 38.5 Å². The Bertz CT molecular complexity index is 488. The molecule has 0 saturated carbocycles. The molecular weight excluding hydrogens is 310 g/mol. The zero-order chi connectivity index (χ0) is 17.1. The molecule has 0 aromatic rings. The largest absolute Gasteiger partial charge is 0.481 e. The molecule has 3 saturated heterocycles. The molecule has 0 radical (unpaired) electrons. The van der Waals surface area contributed by atoms with Gasteiger partial charge in [0.1, 0.15) is 0 Å². The quantitative estimate of drug-likeness (QED) is 0.822. The van der Waals surface area contributed by atoms with Crippen molar-refractivity contribution in [1.82, 2.24) is 14.7 Å². The Hall–Kier alpha value is -1.79. The molecule has 3 rings (SSSR count). The van der Waals surface area contributed by atoms with Crippen LogP contribution >= 0.6 is 0 Å². The van der Waals surface area contributed by atoms with Crippen molar-refractivity contribution >= 4 is 17.9 Å². The molecule has 3 amide bonds. The van der Waals surface area contributed by atoms with E-state index in [0.29, 0.717) is 39.0 Å². The monoisotopic (exact) mass is 337 g/mol. The van der Waals surface area contributed by atoms with Crippen molar-refractivity contribution in [3.63, 3.8) is 0 Å². The van der Waals surface area contributed by atoms with Crippen molar-refractivity contribution in [2.24, 2.45) is 11.8 Å². The lowest BCUT2D eigenvalue weighted by molar-refractivity contribution is -0.147. The second kappa shape index (κ2) is 7.40. The minimum atomic E-state index is -0.754. The highest BCUT2D eigenvalue weighted by molar-refractivity contribution is 5.80. The first-order valence-corrected chi connectivity index (χ1v) is 9.11. The van der Waals surface area contributed by atoms with Crippen LogP contribution in [0.3, 0.4) is 0 Å². The molecule has 0 aliphatic carbocycles. The lowest BCUT2D eigenvalue weighted by atomic mass is 9.92. The summed E-state index contributed by atoms with van der Waals surface area (Å²) in [5, 5.41) is 9.04. The highest BCUT2D eigenvalue weighted by Crippen LogP contribution is 2.25. The first kappa shape index (κ1) is 17.0. The van der Waals surface area contributed by atoms with Gasteiger partial charge in [0.2, 0.25) is 5.91 Å². The van der Waals surface area contributed by atoms with Gasteiger partial charge in [0, 0.05) is 45.2 Å². The first-order valence-electron chi connectivity index (χ1n) is 9.11. The van der Waals surface area contributed by atoms with Gasteiger partial charge in [0.25, 0.3) is 0 Å². The number of urea groups is 1. The molecule has 3 heterocycles. The number of carbonyl (C=O) groups is 3. The van der Waals surface area contributed by atoms with Gasteiger partial charge in [-0.05, 0) is 38.5 Å². The number of piperidine rings is 2. The smallest absolute Gasteiger partial charge is 0.319 e. The highest BCUT2D eigenvalue weighted by Gasteiger charge is 2.34. The fraction of sp³-hybridized carbons (Fsp3) is 0.824. The maximum atomic E-state index is 12.6. The summed E-state index contributed by atoms with van der Waals surface area (Å²) in [5.74, 6) is -0.939. The van der Waals surface area contributed by atoms with E-state index in [1.807, 2.05) is 14.7 Å². The highest BCUT2D eigenvalue weighted by atomic mass is 16.4. The summed E-state index contributed by atoms with van der Waals surface area (Å²) in [6.07, 6.45) is 4.72. The van der Waals surface area contributed by atoms with Crippen LogP contribution < -0.4 is 0 Å². The van der Waals surface area contributed by atoms with E-state index >= 15 is 0 Å². The number of aliphatic carboxylic acids is 1. The molecule has 0 aromatic heterocycles. The van der Waals surface area contributed by atoms with Crippen LogP contribution in [0.15, 0.2) is 0 Å². The number of nitrogens with zero attached hydrogens (tertiary/aromatic N) is 3. The van der Waals surface area contributed by atoms with Crippen molar-refractivity contribution in [3.05, 3.63) is 0 Å². The van der Waals surface area contributed by atoms with Crippen LogP contribution in [0.5, 0.6) is 0 Å². The van der Waals surface area contributed by atoms with E-state index in [1.54, 1.807) is 0 Å². The molecule has 7 nitrogen and oxygen atoms in total. The van der Waals surface area contributed by atoms with Gasteiger partial charge in [-0.2, -0.15) is 0 Å². The molecule has 24 heavy (non-hydrogen) atoms. The third kappa shape index (κ3) is 3.65. The SMILES string of the molecule is O=C(O)C1CCN(C(=O)C2CCN(C(=O)N3CCCC3)CC2)CC1. The standard InChI is InChI=1S/C17H27N3O4/c21-15(18-9-5-14(6-10-18)16(22)23)13-3-11-20(12-4-13)17(24)19-7-1-2-8-19/h13-14H,1-12H2,(H,22,23). The molecule has 1 N–H and O–H groups in total. The Morgan fingerprint density at radius 3 is 1.67 bits per heavy atom. The number of amides is 3. The molecule has 0 atom stereocenters. The number of carboxylic acids is 1. The minimum Gasteiger partial charge on any atom is -0.481 e. The van der Waals surface area contributed by atoms with Gasteiger partial charge in [0.05, 0.1) is 5.92 Å². The van der Waals surface area contributed by atoms with Gasteiger partial charge in [-0.15, -0.1) is 0 Å². The van der Waals surface area contributed by atoms with E-state index in [0.717, 1.165) is 38.8 Å². The van der Waals surface area contributed by atoms with Gasteiger partial charge >= 0.3 is 12.0 Å². The van der Waals surface area contributed by atoms with E-state index < -0.39 is 5.97 Å². The predicted octanol–water partition coefficient (Wildman–Crippen LogP) is 1.24. The summed E-state index contributed by atoms with van der Waals surface area (Å²) >= 11 is 0. The normalized spacial score (nSPS) is 23.6. The Morgan fingerprint density at radius 2 is 1.12 bits per heavy atom. The topological polar surface area (TPSA) is 81.2 Å². The van der Waals surface area contributed by atoms with Crippen molar-refractivity contribution in [2.75, 3.05) is 39.3 Å². The van der Waals surface area contributed by atoms with Crippen LogP contribution in [0.25, 0.3) is 0 Å². The average molecular weight is 337 g/mol. The number of hydrogen-bond acceptors (Lipinski definition) is 3. The molecule has 134 valence electrons. The summed E-state index contributed by atoms with van der Waals surface area (Å²) in [4.78, 5) is 41.6. The summed E-state index contributed by atoms with van der Waals surface area (Å²) in [7, 11) is 0. The summed E-state index contributed by atoms with van der Waals surface area (Å²) in [6.45, 7) is 4.10. The molecule has 0 spiro atoms. The van der Waals surface area contributed by atoms with Crippen molar-refractivity contribution in [3.8, 4) is 0 Å². The third-order valence-electron chi connectivity index (χ3n) is 5.65. The molecule has 3 aliphatic rings. The maximum absolute atomic E-state index is 12.6. The van der Waals surface area contributed by atoms with Crippen LogP contribution in [-0.2, 0) is 9.59 Å². The number of carbonyl (C=O) groups excluding carboxylic acids is 2. The summed E-state index contributed by atoms with van der Waals surface area (Å²) in [5.41, 5.74) is 0. The van der Waals surface area contributed by atoms with E-state index in [2.05, 4.69) is 0 Å².